The number of hydrogen-bond donors (Lipinski definition) is 2. The first-order chi connectivity index (χ1) is 27.2. The van der Waals surface area contributed by atoms with Crippen LogP contribution in [0.15, 0.2) is 57.7 Å². The van der Waals surface area contributed by atoms with E-state index in [1.54, 1.807) is 25.1 Å². The molecule has 19 heteroatoms. The van der Waals surface area contributed by atoms with Crippen LogP contribution < -0.4 is 21.0 Å². The van der Waals surface area contributed by atoms with Crippen molar-refractivity contribution in [3.05, 3.63) is 80.2 Å². The van der Waals surface area contributed by atoms with Crippen molar-refractivity contribution >= 4 is 58.3 Å². The number of hydroxylamine groups is 2. The second-order valence-corrected chi connectivity index (χ2v) is 13.6. The number of nitro benzene ring substituents is 1. The zero-order chi connectivity index (χ0) is 41.2. The summed E-state index contributed by atoms with van der Waals surface area (Å²) in [6.45, 7) is 2.95. The first-order valence-corrected chi connectivity index (χ1v) is 18.3. The number of para-hydroxylation sites is 1. The summed E-state index contributed by atoms with van der Waals surface area (Å²) in [6, 6.07) is 9.35. The maximum atomic E-state index is 14.0. The number of carbonyl (C=O) groups excluding carboxylic acids is 7. The molecule has 2 fully saturated rings. The minimum atomic E-state index is -1.21. The minimum Gasteiger partial charge on any atom is -0.449 e. The summed E-state index contributed by atoms with van der Waals surface area (Å²) in [6.07, 6.45) is -0.910. The van der Waals surface area contributed by atoms with E-state index in [-0.39, 0.29) is 87.4 Å². The summed E-state index contributed by atoms with van der Waals surface area (Å²) in [4.78, 5) is 117. The molecule has 2 aromatic carbocycles. The Bertz CT molecular complexity index is 2120. The topological polar surface area (TPSA) is 251 Å². The van der Waals surface area contributed by atoms with Gasteiger partial charge in [0, 0.05) is 67.4 Å². The number of hydrogen-bond acceptors (Lipinski definition) is 14. The average molecular weight is 792 g/mol. The highest BCUT2D eigenvalue weighted by Crippen LogP contribution is 2.28. The molecule has 1 unspecified atom stereocenters. The number of benzene rings is 2. The van der Waals surface area contributed by atoms with Gasteiger partial charge in [-0.3, -0.25) is 29.3 Å². The molecule has 2 aliphatic heterocycles. The summed E-state index contributed by atoms with van der Waals surface area (Å²) in [5.41, 5.74) is 0.0708. The summed E-state index contributed by atoms with van der Waals surface area (Å²) >= 11 is 0. The van der Waals surface area contributed by atoms with Crippen LogP contribution in [0.4, 0.5) is 15.3 Å². The van der Waals surface area contributed by atoms with Gasteiger partial charge in [-0.25, -0.2) is 19.2 Å². The van der Waals surface area contributed by atoms with Gasteiger partial charge < -0.3 is 34.3 Å². The van der Waals surface area contributed by atoms with Crippen LogP contribution in [0.5, 0.6) is 5.75 Å². The van der Waals surface area contributed by atoms with Crippen LogP contribution in [0.2, 0.25) is 0 Å². The maximum Gasteiger partial charge on any atom is 0.432 e. The predicted octanol–water partition coefficient (Wildman–Crippen LogP) is 3.59. The lowest BCUT2D eigenvalue weighted by Gasteiger charge is -2.28. The van der Waals surface area contributed by atoms with Crippen molar-refractivity contribution in [1.82, 2.24) is 20.6 Å². The highest BCUT2D eigenvalue weighted by atomic mass is 16.7. The molecule has 0 spiro atoms. The largest absolute Gasteiger partial charge is 0.449 e. The summed E-state index contributed by atoms with van der Waals surface area (Å²) in [7, 11) is 0. The minimum absolute atomic E-state index is 0.00380. The smallest absolute Gasteiger partial charge is 0.432 e. The van der Waals surface area contributed by atoms with E-state index in [9.17, 15) is 48.5 Å². The Labute approximate surface area is 324 Å². The van der Waals surface area contributed by atoms with E-state index in [1.165, 1.54) is 42.2 Å². The van der Waals surface area contributed by atoms with Gasteiger partial charge in [-0.15, -0.1) is 5.06 Å². The number of likely N-dealkylation sites (tertiary alicyclic amines) is 1. The third kappa shape index (κ3) is 10.8. The Balaban J connectivity index is 1.24. The number of ketones is 1. The van der Waals surface area contributed by atoms with Gasteiger partial charge in [-0.05, 0) is 56.7 Å². The van der Waals surface area contributed by atoms with Gasteiger partial charge in [0.1, 0.15) is 35.8 Å². The number of ether oxygens (including phenoxy) is 2. The van der Waals surface area contributed by atoms with E-state index in [4.69, 9.17) is 18.7 Å². The Morgan fingerprint density at radius 1 is 1.00 bits per heavy atom. The molecule has 3 heterocycles. The number of Topliss-reactive ketones (excluding diaryl/α,β-unsaturated/α-hetero) is 1. The number of rotatable bonds is 16. The zero-order valence-corrected chi connectivity index (χ0v) is 31.2. The molecule has 0 radical (unpaired) electrons. The molecule has 2 aliphatic rings. The molecule has 302 valence electrons. The maximum absolute atomic E-state index is 14.0. The van der Waals surface area contributed by atoms with E-state index in [1.807, 2.05) is 0 Å². The van der Waals surface area contributed by atoms with E-state index in [0.29, 0.717) is 28.0 Å². The highest BCUT2D eigenvalue weighted by Gasteiger charge is 2.39. The quantitative estimate of drug-likeness (QED) is 0.0400. The Morgan fingerprint density at radius 2 is 1.74 bits per heavy atom. The molecule has 3 atom stereocenters. The molecule has 57 heavy (non-hydrogen) atoms. The van der Waals surface area contributed by atoms with Crippen LogP contribution in [-0.4, -0.2) is 88.3 Å². The molecule has 0 saturated carbocycles. The number of amides is 5. The molecule has 5 amide bonds. The number of unbranched alkanes of at least 4 members (excludes halogenated alkanes) is 1. The van der Waals surface area contributed by atoms with Gasteiger partial charge in [-0.1, -0.05) is 25.1 Å². The lowest BCUT2D eigenvalue weighted by Crippen LogP contribution is -2.52. The van der Waals surface area contributed by atoms with Crippen molar-refractivity contribution < 1.29 is 57.2 Å². The zero-order valence-electron chi connectivity index (χ0n) is 31.2. The Kier molecular flexibility index (Phi) is 13.7. The highest BCUT2D eigenvalue weighted by molar-refractivity contribution is 6.01. The normalized spacial score (nSPS) is 16.2. The SMILES string of the molecule is CC(=O)Cc1cc(=O)oc2cc(OC(=O)[C@@H]3CCCN3C(=O)[C@H](CCCCNC(=O)ON3C(=O)CCC3=O)NC(=O)OCC(C)c3ccccc3[N+](=O)[O-])ccc12. The fraction of sp³-hybridized carbons (Fsp3) is 0.421. The molecule has 3 aromatic rings. The predicted molar refractivity (Wildman–Crippen MR) is 196 cm³/mol. The molecular formula is C38H41N5O14. The number of imide groups is 1. The molecule has 19 nitrogen and oxygen atoms in total. The van der Waals surface area contributed by atoms with Crippen LogP contribution in [0.1, 0.15) is 75.8 Å². The Hall–Kier alpha value is -6.66. The molecule has 1 aromatic heterocycles. The lowest BCUT2D eigenvalue weighted by molar-refractivity contribution is -0.385. The molecule has 2 N–H and O–H groups in total. The van der Waals surface area contributed by atoms with Crippen LogP contribution >= 0.6 is 0 Å². The number of alkyl carbamates (subject to hydrolysis) is 1. The summed E-state index contributed by atoms with van der Waals surface area (Å²) in [5.74, 6) is -3.38. The van der Waals surface area contributed by atoms with Gasteiger partial charge in [0.25, 0.3) is 17.5 Å². The van der Waals surface area contributed by atoms with Crippen molar-refractivity contribution in [3.63, 3.8) is 0 Å². The summed E-state index contributed by atoms with van der Waals surface area (Å²) < 4.78 is 16.3. The van der Waals surface area contributed by atoms with Gasteiger partial charge in [0.15, 0.2) is 0 Å². The molecule has 2 saturated heterocycles. The second-order valence-electron chi connectivity index (χ2n) is 13.6. The number of carbonyl (C=O) groups is 7. The monoisotopic (exact) mass is 791 g/mol. The van der Waals surface area contributed by atoms with Gasteiger partial charge in [-0.2, -0.15) is 0 Å². The third-order valence-electron chi connectivity index (χ3n) is 9.36. The third-order valence-corrected chi connectivity index (χ3v) is 9.36. The number of nitro groups is 1. The van der Waals surface area contributed by atoms with Crippen molar-refractivity contribution in [2.75, 3.05) is 19.7 Å². The first-order valence-electron chi connectivity index (χ1n) is 18.3. The lowest BCUT2D eigenvalue weighted by atomic mass is 10.0. The van der Waals surface area contributed by atoms with Crippen LogP contribution in [0.25, 0.3) is 11.0 Å². The fourth-order valence-electron chi connectivity index (χ4n) is 6.59. The molecule has 5 rings (SSSR count). The van der Waals surface area contributed by atoms with Crippen LogP contribution in [0, 0.1) is 10.1 Å². The van der Waals surface area contributed by atoms with Crippen LogP contribution in [0.3, 0.4) is 0 Å². The second kappa shape index (κ2) is 18.8. The van der Waals surface area contributed by atoms with E-state index >= 15 is 0 Å². The van der Waals surface area contributed by atoms with E-state index in [0.717, 1.165) is 0 Å². The number of nitrogens with zero attached hydrogens (tertiary/aromatic N) is 3. The summed E-state index contributed by atoms with van der Waals surface area (Å²) in [5, 5.41) is 17.4. The Morgan fingerprint density at radius 3 is 2.46 bits per heavy atom. The van der Waals surface area contributed by atoms with Crippen molar-refractivity contribution in [2.24, 2.45) is 0 Å². The van der Waals surface area contributed by atoms with Crippen molar-refractivity contribution in [1.29, 1.82) is 0 Å². The molecule has 0 aliphatic carbocycles. The van der Waals surface area contributed by atoms with Crippen molar-refractivity contribution in [2.45, 2.75) is 83.2 Å². The molecule has 0 bridgehead atoms. The standard InChI is InChI=1S/C38H41N5O14/c1-22(26-8-3-4-10-29(26)43(52)53)21-54-38(51)40-28(9-5-6-16-39-37(50)57-42-32(45)14-15-33(42)46)35(48)41-17-7-11-30(41)36(49)55-25-12-13-27-24(18-23(2)44)19-34(47)56-31(27)20-25/h3-4,8,10,12-13,19-20,22,28,30H,5-7,9,11,14-18,21H2,1-2H3,(H,39,50)(H,40,51)/t22?,28-,30-/m0/s1. The molecular weight excluding hydrogens is 750 g/mol. The van der Waals surface area contributed by atoms with E-state index in [2.05, 4.69) is 10.6 Å². The van der Waals surface area contributed by atoms with Crippen LogP contribution in [-0.2, 0) is 40.0 Å². The van der Waals surface area contributed by atoms with Gasteiger partial charge in [0.2, 0.25) is 5.91 Å². The van der Waals surface area contributed by atoms with Gasteiger partial charge >= 0.3 is 23.8 Å². The number of esters is 1. The number of fused-ring (bicyclic) bond motifs is 1. The van der Waals surface area contributed by atoms with Gasteiger partial charge in [0.05, 0.1) is 4.92 Å². The average Bonchev–Trinajstić information content (AvgIpc) is 3.78. The van der Waals surface area contributed by atoms with Crippen molar-refractivity contribution in [3.8, 4) is 5.75 Å². The fourth-order valence-corrected chi connectivity index (χ4v) is 6.59. The first kappa shape index (κ1) is 41.5. The number of nitrogens with one attached hydrogen (secondary N) is 2. The van der Waals surface area contributed by atoms with E-state index < -0.39 is 64.4 Å².